The van der Waals surface area contributed by atoms with Crippen LogP contribution in [0.5, 0.6) is 0 Å². The lowest BCUT2D eigenvalue weighted by atomic mass is 10.1. The number of imide groups is 1. The van der Waals surface area contributed by atoms with Crippen LogP contribution in [0.1, 0.15) is 28.1 Å². The number of aliphatic hydroxyl groups excluding tert-OH is 1. The zero-order valence-electron chi connectivity index (χ0n) is 19.4. The van der Waals surface area contributed by atoms with Crippen LogP contribution in [-0.2, 0) is 19.1 Å². The molecule has 3 amide bonds. The van der Waals surface area contributed by atoms with E-state index in [1.54, 1.807) is 12.1 Å². The molecule has 0 saturated carbocycles. The van der Waals surface area contributed by atoms with E-state index in [1.165, 1.54) is 17.2 Å². The molecule has 0 spiro atoms. The number of furan rings is 1. The van der Waals surface area contributed by atoms with E-state index in [1.807, 2.05) is 5.32 Å². The van der Waals surface area contributed by atoms with Gasteiger partial charge in [-0.25, -0.2) is 4.39 Å². The highest BCUT2D eigenvalue weighted by atomic mass is 32.2. The number of rotatable bonds is 2. The first-order valence-corrected chi connectivity index (χ1v) is 12.0. The van der Waals surface area contributed by atoms with Gasteiger partial charge in [-0.05, 0) is 26.0 Å². The van der Waals surface area contributed by atoms with E-state index in [-0.39, 0.29) is 42.7 Å². The molecule has 3 aliphatic heterocycles. The first-order chi connectivity index (χ1) is 16.7. The van der Waals surface area contributed by atoms with Gasteiger partial charge in [0.2, 0.25) is 11.8 Å². The first kappa shape index (κ1) is 26.8. The number of benzene rings is 1. The fraction of sp³-hybridized carbons (Fsp3) is 0.478. The molecule has 0 bridgehead atoms. The summed E-state index contributed by atoms with van der Waals surface area (Å²) in [4.78, 5) is 44.4. The highest BCUT2D eigenvalue weighted by molar-refractivity contribution is 8.14. The van der Waals surface area contributed by atoms with Gasteiger partial charge in [0, 0.05) is 26.4 Å². The largest absolute Gasteiger partial charge is 0.459 e. The van der Waals surface area contributed by atoms with Crippen molar-refractivity contribution in [1.82, 2.24) is 10.6 Å². The quantitative estimate of drug-likeness (QED) is 0.409. The summed E-state index contributed by atoms with van der Waals surface area (Å²) in [6.45, 7) is 6.53. The van der Waals surface area contributed by atoms with Crippen molar-refractivity contribution < 1.29 is 39.3 Å². The average Bonchev–Trinajstić information content (AvgIpc) is 3.37. The van der Waals surface area contributed by atoms with E-state index >= 15 is 0 Å². The Kier molecular flexibility index (Phi) is 9.38. The molecule has 1 aromatic carbocycles. The van der Waals surface area contributed by atoms with Gasteiger partial charge in [0.05, 0.1) is 42.6 Å². The van der Waals surface area contributed by atoms with E-state index in [9.17, 15) is 23.6 Å². The fourth-order valence-electron chi connectivity index (χ4n) is 3.68. The van der Waals surface area contributed by atoms with E-state index < -0.39 is 17.6 Å². The molecule has 3 N–H and O–H groups in total. The summed E-state index contributed by atoms with van der Waals surface area (Å²) in [6.07, 6.45) is 1.89. The number of ether oxygens (including phenoxy) is 1. The topological polar surface area (TPSA) is 138 Å². The summed E-state index contributed by atoms with van der Waals surface area (Å²) < 4.78 is 24.1. The second-order valence-corrected chi connectivity index (χ2v) is 9.57. The third-order valence-corrected chi connectivity index (χ3v) is 6.28. The monoisotopic (exact) mass is 511 g/mol. The van der Waals surface area contributed by atoms with Crippen molar-refractivity contribution in [2.75, 3.05) is 31.1 Å². The molecule has 1 aromatic heterocycles. The summed E-state index contributed by atoms with van der Waals surface area (Å²) in [6, 6.07) is 4.60. The van der Waals surface area contributed by atoms with Crippen molar-refractivity contribution in [3.8, 4) is 0 Å². The minimum Gasteiger partial charge on any atom is -0.459 e. The molecular formula is C23H30FN3O7S. The lowest BCUT2D eigenvalue weighted by Crippen LogP contribution is -2.41. The molecule has 192 valence electrons. The molecule has 3 atom stereocenters. The molecular weight excluding hydrogens is 481 g/mol. The van der Waals surface area contributed by atoms with Gasteiger partial charge in [-0.3, -0.25) is 29.4 Å². The van der Waals surface area contributed by atoms with Gasteiger partial charge in [-0.15, -0.1) is 0 Å². The number of piperidine rings is 1. The van der Waals surface area contributed by atoms with Gasteiger partial charge in [0.15, 0.2) is 17.2 Å². The van der Waals surface area contributed by atoms with Crippen molar-refractivity contribution in [1.29, 1.82) is 0 Å². The Morgan fingerprint density at radius 2 is 1.80 bits per heavy atom. The highest BCUT2D eigenvalue weighted by Crippen LogP contribution is 2.36. The number of carbonyl (C=O) groups excluding carboxylic acids is 4. The molecule has 10 nitrogen and oxygen atoms in total. The zero-order chi connectivity index (χ0) is 25.5. The molecule has 35 heavy (non-hydrogen) atoms. The fourth-order valence-corrected chi connectivity index (χ4v) is 4.56. The number of amides is 3. The van der Waals surface area contributed by atoms with Crippen LogP contribution in [0.25, 0.3) is 11.0 Å². The smallest absolute Gasteiger partial charge is 0.286 e. The van der Waals surface area contributed by atoms with Gasteiger partial charge in [0.25, 0.3) is 5.24 Å². The van der Waals surface area contributed by atoms with Crippen molar-refractivity contribution in [3.63, 3.8) is 0 Å². The number of para-hydroxylation sites is 1. The van der Waals surface area contributed by atoms with E-state index in [0.29, 0.717) is 29.8 Å². The number of hydrogen-bond acceptors (Lipinski definition) is 9. The Morgan fingerprint density at radius 3 is 2.31 bits per heavy atom. The van der Waals surface area contributed by atoms with Crippen LogP contribution in [0.2, 0.25) is 0 Å². The van der Waals surface area contributed by atoms with Gasteiger partial charge < -0.3 is 19.6 Å². The normalized spacial score (nSPS) is 24.5. The predicted octanol–water partition coefficient (Wildman–Crippen LogP) is 2.23. The van der Waals surface area contributed by atoms with Crippen LogP contribution < -0.4 is 15.5 Å². The maximum atomic E-state index is 13.5. The SMILES string of the molecule is C[C@@H]1CNC[C@H](C)O1.O=C1CC(=O)NC(=O)C1.O=C1S[C@@H](CO)CN1c1coc2c(F)cccc12.[HH]. The minimum absolute atomic E-state index is 0. The van der Waals surface area contributed by atoms with Gasteiger partial charge in [0.1, 0.15) is 6.26 Å². The summed E-state index contributed by atoms with van der Waals surface area (Å²) in [5.74, 6) is -1.73. The van der Waals surface area contributed by atoms with E-state index in [0.717, 1.165) is 24.9 Å². The van der Waals surface area contributed by atoms with E-state index in [2.05, 4.69) is 19.2 Å². The number of thioether (sulfide) groups is 1. The molecule has 0 unspecified atom stereocenters. The van der Waals surface area contributed by atoms with Crippen LogP contribution >= 0.6 is 11.8 Å². The summed E-state index contributed by atoms with van der Waals surface area (Å²) >= 11 is 1.09. The Labute approximate surface area is 207 Å². The number of anilines is 1. The third kappa shape index (κ3) is 7.34. The maximum Gasteiger partial charge on any atom is 0.286 e. The molecule has 0 aliphatic carbocycles. The Balaban J connectivity index is 0.000000213. The summed E-state index contributed by atoms with van der Waals surface area (Å²) in [5.41, 5.74) is 0.704. The van der Waals surface area contributed by atoms with Crippen LogP contribution in [0.4, 0.5) is 14.9 Å². The van der Waals surface area contributed by atoms with Crippen LogP contribution in [-0.4, -0.2) is 71.6 Å². The van der Waals surface area contributed by atoms with Crippen molar-refractivity contribution in [2.45, 2.75) is 44.1 Å². The lowest BCUT2D eigenvalue weighted by molar-refractivity contribution is -0.138. The average molecular weight is 512 g/mol. The minimum atomic E-state index is -0.490. The van der Waals surface area contributed by atoms with Crippen molar-refractivity contribution in [3.05, 3.63) is 30.3 Å². The number of Topliss-reactive ketones (excluding diaryl/α,β-unsaturated/α-hetero) is 1. The number of carbonyl (C=O) groups is 4. The maximum absolute atomic E-state index is 13.5. The Bertz CT molecular complexity index is 1050. The highest BCUT2D eigenvalue weighted by Gasteiger charge is 2.33. The standard InChI is InChI=1S/C12H10FNO3S.C6H13NO.C5H5NO3.H2/c13-9-3-1-2-8-10(6-17-11(8)9)14-4-7(5-15)18-12(14)16;1-5-3-7-4-6(2)8-5;7-3-1-4(8)6-5(9)2-3;/h1-3,6-7,15H,4-5H2;5-7H,3-4H2,1-2H3;1-2H2,(H,6,8,9);1H/t7-;5-,6+;;/m1.../s1. The molecule has 12 heteroatoms. The Hall–Kier alpha value is -2.80. The summed E-state index contributed by atoms with van der Waals surface area (Å²) in [5, 5.41) is 14.6. The third-order valence-electron chi connectivity index (χ3n) is 5.22. The predicted molar refractivity (Wildman–Crippen MR) is 130 cm³/mol. The number of ketones is 1. The van der Waals surface area contributed by atoms with Crippen molar-refractivity contribution in [2.24, 2.45) is 0 Å². The lowest BCUT2D eigenvalue weighted by Gasteiger charge is -2.25. The van der Waals surface area contributed by atoms with Gasteiger partial charge in [-0.1, -0.05) is 17.8 Å². The number of halogens is 1. The molecule has 2 aromatic rings. The van der Waals surface area contributed by atoms with Crippen LogP contribution in [0.15, 0.2) is 28.9 Å². The molecule has 3 fully saturated rings. The number of aliphatic hydroxyl groups is 1. The Morgan fingerprint density at radius 1 is 1.14 bits per heavy atom. The van der Waals surface area contributed by atoms with E-state index in [4.69, 9.17) is 14.3 Å². The second kappa shape index (κ2) is 12.2. The first-order valence-electron chi connectivity index (χ1n) is 11.1. The zero-order valence-corrected chi connectivity index (χ0v) is 20.2. The summed E-state index contributed by atoms with van der Waals surface area (Å²) in [7, 11) is 0. The molecule has 3 saturated heterocycles. The number of hydrogen-bond donors (Lipinski definition) is 3. The number of morpholine rings is 1. The number of fused-ring (bicyclic) bond motifs is 1. The number of nitrogens with one attached hydrogen (secondary N) is 2. The van der Waals surface area contributed by atoms with Crippen LogP contribution in [0, 0.1) is 5.82 Å². The van der Waals surface area contributed by atoms with Crippen LogP contribution in [0.3, 0.4) is 0 Å². The van der Waals surface area contributed by atoms with Gasteiger partial charge in [-0.2, -0.15) is 0 Å². The van der Waals surface area contributed by atoms with Gasteiger partial charge >= 0.3 is 0 Å². The van der Waals surface area contributed by atoms with Crippen molar-refractivity contribution >= 4 is 51.3 Å². The molecule has 0 radical (unpaired) electrons. The molecule has 5 rings (SSSR count). The molecule has 4 heterocycles. The number of nitrogens with zero attached hydrogens (tertiary/aromatic N) is 1. The molecule has 3 aliphatic rings. The second-order valence-electron chi connectivity index (χ2n) is 8.32.